The van der Waals surface area contributed by atoms with Gasteiger partial charge in [-0.15, -0.1) is 11.3 Å². The molecular formula is C21H18N2O2S2. The van der Waals surface area contributed by atoms with Crippen molar-refractivity contribution < 1.29 is 9.53 Å². The van der Waals surface area contributed by atoms with Crippen LogP contribution in [-0.4, -0.2) is 17.5 Å². The Morgan fingerprint density at radius 2 is 1.96 bits per heavy atom. The fourth-order valence-corrected chi connectivity index (χ4v) is 4.51. The smallest absolute Gasteiger partial charge is 0.268 e. The molecule has 0 radical (unpaired) electrons. The molecule has 1 N–H and O–H groups in total. The van der Waals surface area contributed by atoms with Crippen LogP contribution in [-0.2, 0) is 0 Å². The van der Waals surface area contributed by atoms with Gasteiger partial charge < -0.3 is 4.74 Å². The van der Waals surface area contributed by atoms with Gasteiger partial charge in [0.1, 0.15) is 10.6 Å². The van der Waals surface area contributed by atoms with Gasteiger partial charge in [-0.25, -0.2) is 4.98 Å². The fraction of sp³-hybridized carbons (Fsp3) is 0.143. The number of anilines is 1. The quantitative estimate of drug-likeness (QED) is 0.453. The van der Waals surface area contributed by atoms with Crippen molar-refractivity contribution in [3.63, 3.8) is 0 Å². The summed E-state index contributed by atoms with van der Waals surface area (Å²) in [6.45, 7) is 4.62. The number of carbonyl (C=O) groups excluding carboxylic acids is 1. The van der Waals surface area contributed by atoms with Gasteiger partial charge in [0.05, 0.1) is 16.8 Å². The minimum Gasteiger partial charge on any atom is -0.494 e. The second-order valence-corrected chi connectivity index (χ2v) is 8.01. The number of carbonyl (C=O) groups is 1. The maximum atomic E-state index is 12.8. The van der Waals surface area contributed by atoms with E-state index in [2.05, 4.69) is 29.4 Å². The molecule has 0 bridgehead atoms. The SMILES string of the molecule is CCOc1ccc2nc(NC(=O)c3sccc3-c3ccc(C)cc3)sc2c1. The lowest BCUT2D eigenvalue weighted by Gasteiger charge is -2.04. The van der Waals surface area contributed by atoms with Gasteiger partial charge in [0, 0.05) is 5.56 Å². The van der Waals surface area contributed by atoms with Gasteiger partial charge in [0.2, 0.25) is 0 Å². The molecule has 2 aromatic heterocycles. The second-order valence-electron chi connectivity index (χ2n) is 6.07. The molecule has 0 atom stereocenters. The zero-order valence-electron chi connectivity index (χ0n) is 15.0. The van der Waals surface area contributed by atoms with Crippen molar-refractivity contribution in [1.82, 2.24) is 4.98 Å². The first-order valence-electron chi connectivity index (χ1n) is 8.63. The van der Waals surface area contributed by atoms with Crippen molar-refractivity contribution in [1.29, 1.82) is 0 Å². The van der Waals surface area contributed by atoms with Crippen molar-refractivity contribution in [2.45, 2.75) is 13.8 Å². The molecule has 0 saturated heterocycles. The van der Waals surface area contributed by atoms with Crippen LogP contribution in [0.4, 0.5) is 5.13 Å². The van der Waals surface area contributed by atoms with Gasteiger partial charge in [-0.1, -0.05) is 41.2 Å². The molecule has 0 spiro atoms. The lowest BCUT2D eigenvalue weighted by Crippen LogP contribution is -2.10. The number of ether oxygens (including phenoxy) is 1. The maximum Gasteiger partial charge on any atom is 0.268 e. The molecule has 0 aliphatic carbocycles. The van der Waals surface area contributed by atoms with Crippen molar-refractivity contribution >= 4 is 43.9 Å². The standard InChI is InChI=1S/C21H18N2O2S2/c1-3-25-15-8-9-17-18(12-15)27-21(22-17)23-20(24)19-16(10-11-26-19)14-6-4-13(2)5-7-14/h4-12H,3H2,1-2H3,(H,22,23,24). The number of rotatable bonds is 5. The minimum absolute atomic E-state index is 0.135. The topological polar surface area (TPSA) is 51.2 Å². The molecule has 2 heterocycles. The Labute approximate surface area is 165 Å². The van der Waals surface area contributed by atoms with Gasteiger partial charge >= 0.3 is 0 Å². The molecule has 1 amide bonds. The van der Waals surface area contributed by atoms with E-state index in [4.69, 9.17) is 4.74 Å². The van der Waals surface area contributed by atoms with Crippen LogP contribution in [0.5, 0.6) is 5.75 Å². The summed E-state index contributed by atoms with van der Waals surface area (Å²) in [5.74, 6) is 0.677. The van der Waals surface area contributed by atoms with E-state index in [1.165, 1.54) is 28.2 Å². The van der Waals surface area contributed by atoms with Crippen molar-refractivity contribution in [2.24, 2.45) is 0 Å². The zero-order valence-corrected chi connectivity index (χ0v) is 16.6. The number of nitrogens with zero attached hydrogens (tertiary/aromatic N) is 1. The summed E-state index contributed by atoms with van der Waals surface area (Å²) in [4.78, 5) is 18.0. The van der Waals surface area contributed by atoms with Crippen LogP contribution in [0.25, 0.3) is 21.3 Å². The predicted octanol–water partition coefficient (Wildman–Crippen LogP) is 5.98. The summed E-state index contributed by atoms with van der Waals surface area (Å²) < 4.78 is 6.52. The molecule has 2 aromatic carbocycles. The number of hydrogen-bond acceptors (Lipinski definition) is 5. The molecule has 4 aromatic rings. The maximum absolute atomic E-state index is 12.8. The van der Waals surface area contributed by atoms with Crippen LogP contribution in [0.3, 0.4) is 0 Å². The normalized spacial score (nSPS) is 10.9. The second kappa shape index (κ2) is 7.50. The zero-order chi connectivity index (χ0) is 18.8. The lowest BCUT2D eigenvalue weighted by molar-refractivity contribution is 0.103. The molecule has 0 saturated carbocycles. The average Bonchev–Trinajstić information content (AvgIpc) is 3.29. The number of aryl methyl sites for hydroxylation is 1. The first-order chi connectivity index (χ1) is 13.1. The molecular weight excluding hydrogens is 376 g/mol. The third-order valence-electron chi connectivity index (χ3n) is 4.13. The summed E-state index contributed by atoms with van der Waals surface area (Å²) in [5, 5.41) is 5.48. The highest BCUT2D eigenvalue weighted by Crippen LogP contribution is 2.32. The van der Waals surface area contributed by atoms with E-state index in [1.807, 2.05) is 48.7 Å². The average molecular weight is 395 g/mol. The van der Waals surface area contributed by atoms with Crippen molar-refractivity contribution in [2.75, 3.05) is 11.9 Å². The Balaban J connectivity index is 1.59. The third-order valence-corrected chi connectivity index (χ3v) is 5.97. The fourth-order valence-electron chi connectivity index (χ4n) is 2.81. The van der Waals surface area contributed by atoms with Crippen LogP contribution >= 0.6 is 22.7 Å². The van der Waals surface area contributed by atoms with Gasteiger partial charge in [0.25, 0.3) is 5.91 Å². The Morgan fingerprint density at radius 1 is 1.15 bits per heavy atom. The van der Waals surface area contributed by atoms with Gasteiger partial charge in [-0.3, -0.25) is 10.1 Å². The van der Waals surface area contributed by atoms with E-state index < -0.39 is 0 Å². The largest absolute Gasteiger partial charge is 0.494 e. The number of hydrogen-bond donors (Lipinski definition) is 1. The number of benzene rings is 2. The predicted molar refractivity (Wildman–Crippen MR) is 113 cm³/mol. The number of fused-ring (bicyclic) bond motifs is 1. The minimum atomic E-state index is -0.135. The Bertz CT molecular complexity index is 1100. The lowest BCUT2D eigenvalue weighted by atomic mass is 10.0. The Kier molecular flexibility index (Phi) is 4.92. The van der Waals surface area contributed by atoms with Crippen LogP contribution in [0, 0.1) is 6.92 Å². The van der Waals surface area contributed by atoms with Crippen LogP contribution in [0.15, 0.2) is 53.9 Å². The van der Waals surface area contributed by atoms with Gasteiger partial charge in [-0.05, 0) is 49.1 Å². The molecule has 27 heavy (non-hydrogen) atoms. The molecule has 0 unspecified atom stereocenters. The molecule has 136 valence electrons. The molecule has 6 heteroatoms. The molecule has 4 nitrogen and oxygen atoms in total. The van der Waals surface area contributed by atoms with E-state index in [1.54, 1.807) is 0 Å². The van der Waals surface area contributed by atoms with E-state index in [0.29, 0.717) is 16.6 Å². The first kappa shape index (κ1) is 17.7. The summed E-state index contributed by atoms with van der Waals surface area (Å²) in [5.41, 5.74) is 4.03. The summed E-state index contributed by atoms with van der Waals surface area (Å²) in [6, 6.07) is 15.9. The summed E-state index contributed by atoms with van der Waals surface area (Å²) in [7, 11) is 0. The number of nitrogens with one attached hydrogen (secondary N) is 1. The Hall–Kier alpha value is -2.70. The summed E-state index contributed by atoms with van der Waals surface area (Å²) in [6.07, 6.45) is 0. The van der Waals surface area contributed by atoms with Crippen LogP contribution in [0.1, 0.15) is 22.2 Å². The monoisotopic (exact) mass is 394 g/mol. The van der Waals surface area contributed by atoms with Crippen molar-refractivity contribution in [3.8, 4) is 16.9 Å². The molecule has 4 rings (SSSR count). The molecule has 0 aliphatic heterocycles. The van der Waals surface area contributed by atoms with E-state index >= 15 is 0 Å². The van der Waals surface area contributed by atoms with Gasteiger partial charge in [0.15, 0.2) is 5.13 Å². The first-order valence-corrected chi connectivity index (χ1v) is 10.3. The number of thiazole rings is 1. The van der Waals surface area contributed by atoms with E-state index in [0.717, 1.165) is 27.1 Å². The summed E-state index contributed by atoms with van der Waals surface area (Å²) >= 11 is 2.88. The highest BCUT2D eigenvalue weighted by Gasteiger charge is 2.16. The number of aromatic nitrogens is 1. The Morgan fingerprint density at radius 3 is 2.74 bits per heavy atom. The highest BCUT2D eigenvalue weighted by molar-refractivity contribution is 7.22. The molecule has 0 aliphatic rings. The highest BCUT2D eigenvalue weighted by atomic mass is 32.1. The van der Waals surface area contributed by atoms with E-state index in [-0.39, 0.29) is 5.91 Å². The van der Waals surface area contributed by atoms with E-state index in [9.17, 15) is 4.79 Å². The molecule has 0 fully saturated rings. The third kappa shape index (κ3) is 3.72. The van der Waals surface area contributed by atoms with Gasteiger partial charge in [-0.2, -0.15) is 0 Å². The van der Waals surface area contributed by atoms with Crippen LogP contribution in [0.2, 0.25) is 0 Å². The number of thiophene rings is 1. The number of amides is 1. The van der Waals surface area contributed by atoms with Crippen LogP contribution < -0.4 is 10.1 Å². The van der Waals surface area contributed by atoms with Crippen molar-refractivity contribution in [3.05, 3.63) is 64.4 Å².